The second-order valence-corrected chi connectivity index (χ2v) is 4.39. The molecule has 1 nitrogen and oxygen atoms in total. The molecule has 1 N–H and O–H groups in total. The summed E-state index contributed by atoms with van der Waals surface area (Å²) in [6, 6.07) is 6.81. The van der Waals surface area contributed by atoms with Crippen molar-refractivity contribution in [3.63, 3.8) is 0 Å². The van der Waals surface area contributed by atoms with Crippen LogP contribution in [0.15, 0.2) is 18.2 Å². The lowest BCUT2D eigenvalue weighted by Crippen LogP contribution is -2.11. The van der Waals surface area contributed by atoms with Gasteiger partial charge in [0.15, 0.2) is 0 Å². The highest BCUT2D eigenvalue weighted by Crippen LogP contribution is 2.29. The van der Waals surface area contributed by atoms with Crippen molar-refractivity contribution >= 4 is 0 Å². The van der Waals surface area contributed by atoms with Crippen molar-refractivity contribution in [1.29, 1.82) is 0 Å². The minimum Gasteiger partial charge on any atom is -0.316 e. The fourth-order valence-corrected chi connectivity index (χ4v) is 2.71. The van der Waals surface area contributed by atoms with Crippen LogP contribution in [-0.2, 0) is 12.8 Å². The van der Waals surface area contributed by atoms with Crippen LogP contribution in [0, 0.1) is 0 Å². The summed E-state index contributed by atoms with van der Waals surface area (Å²) >= 11 is 0. The Morgan fingerprint density at radius 1 is 1.20 bits per heavy atom. The summed E-state index contributed by atoms with van der Waals surface area (Å²) in [6.45, 7) is 6.89. The molecule has 0 spiro atoms. The number of aryl methyl sites for hydroxylation is 2. The molecule has 1 atom stereocenters. The first-order valence-corrected chi connectivity index (χ1v) is 6.18. The number of rotatable bonds is 3. The van der Waals surface area contributed by atoms with Crippen LogP contribution in [0.4, 0.5) is 0 Å². The van der Waals surface area contributed by atoms with E-state index < -0.39 is 0 Å². The van der Waals surface area contributed by atoms with Crippen LogP contribution in [-0.4, -0.2) is 13.1 Å². The van der Waals surface area contributed by atoms with Crippen LogP contribution in [0.25, 0.3) is 0 Å². The molecule has 0 radical (unpaired) electrons. The predicted molar refractivity (Wildman–Crippen MR) is 65.4 cm³/mol. The molecule has 1 aromatic carbocycles. The minimum absolute atomic E-state index is 0.760. The van der Waals surface area contributed by atoms with Gasteiger partial charge in [0.2, 0.25) is 0 Å². The van der Waals surface area contributed by atoms with Crippen molar-refractivity contribution in [1.82, 2.24) is 5.32 Å². The first-order valence-electron chi connectivity index (χ1n) is 6.18. The summed E-state index contributed by atoms with van der Waals surface area (Å²) in [7, 11) is 0. The third-order valence-corrected chi connectivity index (χ3v) is 3.52. The minimum atomic E-state index is 0.760. The topological polar surface area (TPSA) is 12.0 Å². The van der Waals surface area contributed by atoms with E-state index in [0.717, 1.165) is 5.92 Å². The van der Waals surface area contributed by atoms with Crippen LogP contribution in [0.5, 0.6) is 0 Å². The van der Waals surface area contributed by atoms with E-state index in [1.807, 2.05) is 0 Å². The quantitative estimate of drug-likeness (QED) is 0.796. The highest BCUT2D eigenvalue weighted by molar-refractivity contribution is 5.39. The van der Waals surface area contributed by atoms with Gasteiger partial charge in [-0.05, 0) is 48.4 Å². The van der Waals surface area contributed by atoms with Gasteiger partial charge in [-0.25, -0.2) is 0 Å². The van der Waals surface area contributed by atoms with Gasteiger partial charge in [0.05, 0.1) is 0 Å². The summed E-state index contributed by atoms with van der Waals surface area (Å²) in [5, 5.41) is 3.47. The molecule has 0 aromatic heterocycles. The zero-order chi connectivity index (χ0) is 10.7. The Labute approximate surface area is 92.9 Å². The van der Waals surface area contributed by atoms with Crippen LogP contribution in [0.2, 0.25) is 0 Å². The van der Waals surface area contributed by atoms with Gasteiger partial charge in [0.1, 0.15) is 0 Å². The fourth-order valence-electron chi connectivity index (χ4n) is 2.71. The van der Waals surface area contributed by atoms with Gasteiger partial charge in [0.25, 0.3) is 0 Å². The van der Waals surface area contributed by atoms with Gasteiger partial charge in [-0.1, -0.05) is 32.0 Å². The Bertz CT molecular complexity index is 302. The Morgan fingerprint density at radius 3 is 2.33 bits per heavy atom. The zero-order valence-corrected chi connectivity index (χ0v) is 9.84. The molecular weight excluding hydrogens is 182 g/mol. The summed E-state index contributed by atoms with van der Waals surface area (Å²) in [4.78, 5) is 0. The third kappa shape index (κ3) is 2.07. The molecule has 0 aliphatic carbocycles. The second kappa shape index (κ2) is 4.80. The average molecular weight is 203 g/mol. The Balaban J connectivity index is 2.39. The summed E-state index contributed by atoms with van der Waals surface area (Å²) in [5.41, 5.74) is 4.76. The summed E-state index contributed by atoms with van der Waals surface area (Å²) in [6.07, 6.45) is 3.64. The van der Waals surface area contributed by atoms with Gasteiger partial charge in [-0.2, -0.15) is 0 Å². The van der Waals surface area contributed by atoms with E-state index in [4.69, 9.17) is 0 Å². The summed E-state index contributed by atoms with van der Waals surface area (Å²) < 4.78 is 0. The van der Waals surface area contributed by atoms with Crippen LogP contribution < -0.4 is 5.32 Å². The fraction of sp³-hybridized carbons (Fsp3) is 0.571. The van der Waals surface area contributed by atoms with Gasteiger partial charge >= 0.3 is 0 Å². The SMILES string of the molecule is CCc1cccc(CC)c1C1CCNC1. The number of benzene rings is 1. The van der Waals surface area contributed by atoms with Gasteiger partial charge < -0.3 is 5.32 Å². The van der Waals surface area contributed by atoms with Crippen molar-refractivity contribution in [2.24, 2.45) is 0 Å². The van der Waals surface area contributed by atoms with E-state index in [-0.39, 0.29) is 0 Å². The molecule has 82 valence electrons. The van der Waals surface area contributed by atoms with E-state index >= 15 is 0 Å². The Kier molecular flexibility index (Phi) is 3.42. The molecule has 1 aliphatic heterocycles. The summed E-state index contributed by atoms with van der Waals surface area (Å²) in [5.74, 6) is 0.760. The standard InChI is InChI=1S/C14H21N/c1-3-11-6-5-7-12(4-2)14(11)13-8-9-15-10-13/h5-7,13,15H,3-4,8-10H2,1-2H3. The smallest absolute Gasteiger partial charge is 0.00208 e. The maximum absolute atomic E-state index is 3.47. The van der Waals surface area contributed by atoms with E-state index in [2.05, 4.69) is 37.4 Å². The Morgan fingerprint density at radius 2 is 1.87 bits per heavy atom. The van der Waals surface area contributed by atoms with Gasteiger partial charge in [-0.15, -0.1) is 0 Å². The maximum Gasteiger partial charge on any atom is 0.00208 e. The molecule has 1 aromatic rings. The number of hydrogen-bond acceptors (Lipinski definition) is 1. The van der Waals surface area contributed by atoms with Crippen LogP contribution in [0.3, 0.4) is 0 Å². The average Bonchev–Trinajstić information content (AvgIpc) is 2.81. The third-order valence-electron chi connectivity index (χ3n) is 3.52. The van der Waals surface area contributed by atoms with E-state index in [1.54, 1.807) is 16.7 Å². The maximum atomic E-state index is 3.47. The molecule has 1 saturated heterocycles. The molecule has 1 unspecified atom stereocenters. The molecule has 1 heterocycles. The van der Waals surface area contributed by atoms with E-state index in [1.165, 1.54) is 32.4 Å². The van der Waals surface area contributed by atoms with Gasteiger partial charge in [0, 0.05) is 6.54 Å². The molecule has 0 amide bonds. The highest BCUT2D eigenvalue weighted by atomic mass is 14.9. The highest BCUT2D eigenvalue weighted by Gasteiger charge is 2.20. The molecule has 2 rings (SSSR count). The van der Waals surface area contributed by atoms with Crippen molar-refractivity contribution in [2.45, 2.75) is 39.0 Å². The second-order valence-electron chi connectivity index (χ2n) is 4.39. The van der Waals surface area contributed by atoms with Gasteiger partial charge in [-0.3, -0.25) is 0 Å². The van der Waals surface area contributed by atoms with Crippen molar-refractivity contribution < 1.29 is 0 Å². The molecule has 1 heteroatoms. The predicted octanol–water partition coefficient (Wildman–Crippen LogP) is 2.89. The molecule has 0 saturated carbocycles. The van der Waals surface area contributed by atoms with Crippen molar-refractivity contribution in [2.75, 3.05) is 13.1 Å². The van der Waals surface area contributed by atoms with Crippen molar-refractivity contribution in [3.8, 4) is 0 Å². The van der Waals surface area contributed by atoms with E-state index in [0.29, 0.717) is 0 Å². The molecule has 1 fully saturated rings. The lowest BCUT2D eigenvalue weighted by atomic mass is 9.87. The number of nitrogens with one attached hydrogen (secondary N) is 1. The largest absolute Gasteiger partial charge is 0.316 e. The molecule has 15 heavy (non-hydrogen) atoms. The molecule has 1 aliphatic rings. The van der Waals surface area contributed by atoms with Crippen LogP contribution in [0.1, 0.15) is 42.9 Å². The van der Waals surface area contributed by atoms with E-state index in [9.17, 15) is 0 Å². The normalized spacial score (nSPS) is 20.8. The Hall–Kier alpha value is -0.820. The molecular formula is C14H21N. The number of hydrogen-bond donors (Lipinski definition) is 1. The lowest BCUT2D eigenvalue weighted by Gasteiger charge is -2.18. The monoisotopic (exact) mass is 203 g/mol. The first kappa shape index (κ1) is 10.7. The first-order chi connectivity index (χ1) is 7.36. The molecule has 0 bridgehead atoms. The lowest BCUT2D eigenvalue weighted by molar-refractivity contribution is 0.739. The van der Waals surface area contributed by atoms with Crippen molar-refractivity contribution in [3.05, 3.63) is 34.9 Å². The van der Waals surface area contributed by atoms with Crippen LogP contribution >= 0.6 is 0 Å². The zero-order valence-electron chi connectivity index (χ0n) is 9.84.